The summed E-state index contributed by atoms with van der Waals surface area (Å²) in [6.07, 6.45) is 0. The number of piperazine rings is 1. The predicted molar refractivity (Wildman–Crippen MR) is 99.5 cm³/mol. The van der Waals surface area contributed by atoms with Crippen molar-refractivity contribution in [2.75, 3.05) is 33.4 Å². The third-order valence-corrected chi connectivity index (χ3v) is 4.24. The average Bonchev–Trinajstić information content (AvgIpc) is 2.67. The van der Waals surface area contributed by atoms with Gasteiger partial charge in [-0.15, -0.1) is 12.4 Å². The fraction of sp³-hybridized carbons (Fsp3) is 0.316. The van der Waals surface area contributed by atoms with E-state index >= 15 is 0 Å². The maximum Gasteiger partial charge on any atom is 0.261 e. The second-order valence-corrected chi connectivity index (χ2v) is 5.79. The molecule has 7 heteroatoms. The summed E-state index contributed by atoms with van der Waals surface area (Å²) in [5.74, 6) is 0.783. The number of methoxy groups -OCH3 is 1. The molecule has 2 aromatic rings. The molecule has 1 aliphatic heterocycles. The summed E-state index contributed by atoms with van der Waals surface area (Å²) in [6.45, 7) is 1.89. The van der Waals surface area contributed by atoms with Gasteiger partial charge in [0, 0.05) is 25.2 Å². The first kappa shape index (κ1) is 20.0. The molecule has 0 saturated carbocycles. The third kappa shape index (κ3) is 4.65. The first-order chi connectivity index (χ1) is 12.2. The largest absolute Gasteiger partial charge is 0.496 e. The number of carbonyl (C=O) groups is 1. The van der Waals surface area contributed by atoms with Gasteiger partial charge in [0.1, 0.15) is 17.3 Å². The molecule has 1 aliphatic rings. The lowest BCUT2D eigenvalue weighted by Crippen LogP contribution is -2.50. The highest BCUT2D eigenvalue weighted by molar-refractivity contribution is 5.85. The van der Waals surface area contributed by atoms with Gasteiger partial charge in [0.15, 0.2) is 6.61 Å². The zero-order valence-corrected chi connectivity index (χ0v) is 15.3. The van der Waals surface area contributed by atoms with E-state index in [2.05, 4.69) is 5.32 Å². The molecule has 3 rings (SSSR count). The Morgan fingerprint density at radius 2 is 1.96 bits per heavy atom. The Morgan fingerprint density at radius 3 is 2.69 bits per heavy atom. The highest BCUT2D eigenvalue weighted by atomic mass is 35.5. The minimum Gasteiger partial charge on any atom is -0.496 e. The van der Waals surface area contributed by atoms with Crippen molar-refractivity contribution in [1.82, 2.24) is 10.2 Å². The highest BCUT2D eigenvalue weighted by Gasteiger charge is 2.29. The van der Waals surface area contributed by atoms with E-state index in [9.17, 15) is 9.18 Å². The molecule has 1 heterocycles. The van der Waals surface area contributed by atoms with E-state index in [0.29, 0.717) is 18.8 Å². The van der Waals surface area contributed by atoms with Crippen LogP contribution in [-0.2, 0) is 4.79 Å². The van der Waals surface area contributed by atoms with Crippen molar-refractivity contribution < 1.29 is 18.7 Å². The normalized spacial score (nSPS) is 16.5. The topological polar surface area (TPSA) is 50.8 Å². The van der Waals surface area contributed by atoms with Crippen molar-refractivity contribution in [3.05, 3.63) is 59.9 Å². The molecule has 2 aromatic carbocycles. The Bertz CT molecular complexity index is 727. The van der Waals surface area contributed by atoms with Gasteiger partial charge in [-0.3, -0.25) is 4.79 Å². The highest BCUT2D eigenvalue weighted by Crippen LogP contribution is 2.30. The van der Waals surface area contributed by atoms with Crippen molar-refractivity contribution >= 4 is 18.3 Å². The minimum atomic E-state index is -0.336. The molecular formula is C19H22ClFN2O3. The molecule has 0 spiro atoms. The predicted octanol–water partition coefficient (Wildman–Crippen LogP) is 2.81. The third-order valence-electron chi connectivity index (χ3n) is 4.24. The monoisotopic (exact) mass is 380 g/mol. The summed E-state index contributed by atoms with van der Waals surface area (Å²) in [4.78, 5) is 14.5. The maximum absolute atomic E-state index is 12.9. The number of amides is 1. The summed E-state index contributed by atoms with van der Waals surface area (Å²) in [5.41, 5.74) is 0.965. The number of rotatable bonds is 5. The molecule has 26 heavy (non-hydrogen) atoms. The first-order valence-corrected chi connectivity index (χ1v) is 8.20. The van der Waals surface area contributed by atoms with Gasteiger partial charge >= 0.3 is 0 Å². The van der Waals surface area contributed by atoms with Crippen LogP contribution in [0, 0.1) is 5.82 Å². The average molecular weight is 381 g/mol. The fourth-order valence-corrected chi connectivity index (χ4v) is 2.98. The maximum atomic E-state index is 12.9. The van der Waals surface area contributed by atoms with Crippen molar-refractivity contribution in [3.63, 3.8) is 0 Å². The smallest absolute Gasteiger partial charge is 0.261 e. The van der Waals surface area contributed by atoms with Crippen molar-refractivity contribution in [3.8, 4) is 11.5 Å². The van der Waals surface area contributed by atoms with Gasteiger partial charge in [-0.05, 0) is 30.3 Å². The molecule has 1 fully saturated rings. The summed E-state index contributed by atoms with van der Waals surface area (Å²) in [6, 6.07) is 13.2. The van der Waals surface area contributed by atoms with E-state index in [1.165, 1.54) is 24.3 Å². The van der Waals surface area contributed by atoms with Gasteiger partial charge in [-0.25, -0.2) is 4.39 Å². The Labute approximate surface area is 158 Å². The lowest BCUT2D eigenvalue weighted by molar-refractivity contribution is -0.136. The van der Waals surface area contributed by atoms with Crippen molar-refractivity contribution in [2.45, 2.75) is 6.04 Å². The number of nitrogens with zero attached hydrogens (tertiary/aromatic N) is 1. The van der Waals surface area contributed by atoms with Crippen LogP contribution in [0.2, 0.25) is 0 Å². The number of hydrogen-bond donors (Lipinski definition) is 1. The van der Waals surface area contributed by atoms with Gasteiger partial charge < -0.3 is 19.7 Å². The van der Waals surface area contributed by atoms with Gasteiger partial charge in [-0.1, -0.05) is 18.2 Å². The number of carbonyl (C=O) groups excluding carboxylic acids is 1. The summed E-state index contributed by atoms with van der Waals surface area (Å²) in [7, 11) is 1.62. The zero-order chi connectivity index (χ0) is 17.6. The van der Waals surface area contributed by atoms with Gasteiger partial charge in [0.25, 0.3) is 5.91 Å². The molecule has 1 saturated heterocycles. The van der Waals surface area contributed by atoms with Crippen LogP contribution < -0.4 is 14.8 Å². The second kappa shape index (κ2) is 9.40. The van der Waals surface area contributed by atoms with Gasteiger partial charge in [0.2, 0.25) is 0 Å². The van der Waals surface area contributed by atoms with E-state index in [0.717, 1.165) is 17.9 Å². The fourth-order valence-electron chi connectivity index (χ4n) is 2.98. The molecule has 0 radical (unpaired) electrons. The standard InChI is InChI=1S/C19H21FN2O3.ClH/c1-24-18-5-3-2-4-16(18)17-12-21-10-11-22(17)19(23)13-25-15-8-6-14(20)7-9-15;/h2-9,17,21H,10-13H2,1H3;1H. The van der Waals surface area contributed by atoms with Crippen molar-refractivity contribution in [1.29, 1.82) is 0 Å². The molecule has 5 nitrogen and oxygen atoms in total. The lowest BCUT2D eigenvalue weighted by atomic mass is 10.0. The molecular weight excluding hydrogens is 359 g/mol. The molecule has 1 N–H and O–H groups in total. The Morgan fingerprint density at radius 1 is 1.23 bits per heavy atom. The van der Waals surface area contributed by atoms with Crippen LogP contribution in [0.1, 0.15) is 11.6 Å². The number of hydrogen-bond acceptors (Lipinski definition) is 4. The minimum absolute atomic E-state index is 0. The van der Waals surface area contributed by atoms with Crippen LogP contribution in [-0.4, -0.2) is 44.2 Å². The molecule has 0 aromatic heterocycles. The first-order valence-electron chi connectivity index (χ1n) is 8.20. The zero-order valence-electron chi connectivity index (χ0n) is 14.5. The van der Waals surface area contributed by atoms with Crippen LogP contribution in [0.15, 0.2) is 48.5 Å². The number of benzene rings is 2. The SMILES string of the molecule is COc1ccccc1C1CNCCN1C(=O)COc1ccc(F)cc1.Cl. The Hall–Kier alpha value is -2.31. The molecule has 1 atom stereocenters. The number of halogens is 2. The van der Waals surface area contributed by atoms with E-state index in [-0.39, 0.29) is 36.8 Å². The molecule has 0 bridgehead atoms. The van der Waals surface area contributed by atoms with E-state index in [4.69, 9.17) is 9.47 Å². The molecule has 0 aliphatic carbocycles. The van der Waals surface area contributed by atoms with E-state index in [1.807, 2.05) is 24.3 Å². The van der Waals surface area contributed by atoms with Crippen LogP contribution in [0.5, 0.6) is 11.5 Å². The van der Waals surface area contributed by atoms with E-state index in [1.54, 1.807) is 12.0 Å². The van der Waals surface area contributed by atoms with Crippen molar-refractivity contribution in [2.24, 2.45) is 0 Å². The van der Waals surface area contributed by atoms with Crippen LogP contribution in [0.3, 0.4) is 0 Å². The summed E-state index contributed by atoms with van der Waals surface area (Å²) < 4.78 is 23.9. The quantitative estimate of drug-likeness (QED) is 0.866. The second-order valence-electron chi connectivity index (χ2n) is 5.79. The van der Waals surface area contributed by atoms with Gasteiger partial charge in [-0.2, -0.15) is 0 Å². The number of nitrogens with one attached hydrogen (secondary N) is 1. The molecule has 1 amide bonds. The van der Waals surface area contributed by atoms with Crippen LogP contribution in [0.4, 0.5) is 4.39 Å². The summed E-state index contributed by atoms with van der Waals surface area (Å²) in [5, 5.41) is 3.32. The number of para-hydroxylation sites is 1. The molecule has 1 unspecified atom stereocenters. The lowest BCUT2D eigenvalue weighted by Gasteiger charge is -2.37. The number of ether oxygens (including phenoxy) is 2. The van der Waals surface area contributed by atoms with Crippen LogP contribution >= 0.6 is 12.4 Å². The Balaban J connectivity index is 0.00000243. The Kier molecular flexibility index (Phi) is 7.24. The van der Waals surface area contributed by atoms with E-state index < -0.39 is 0 Å². The molecule has 140 valence electrons. The summed E-state index contributed by atoms with van der Waals surface area (Å²) >= 11 is 0. The van der Waals surface area contributed by atoms with Crippen LogP contribution in [0.25, 0.3) is 0 Å². The van der Waals surface area contributed by atoms with Gasteiger partial charge in [0.05, 0.1) is 13.2 Å².